The van der Waals surface area contributed by atoms with E-state index in [0.717, 1.165) is 35.1 Å². The normalized spacial score (nSPS) is 14.3. The lowest BCUT2D eigenvalue weighted by Gasteiger charge is -2.28. The van der Waals surface area contributed by atoms with E-state index in [0.29, 0.717) is 6.54 Å². The summed E-state index contributed by atoms with van der Waals surface area (Å²) in [5, 5.41) is 12.1. The van der Waals surface area contributed by atoms with Crippen LogP contribution >= 0.6 is 0 Å². The van der Waals surface area contributed by atoms with Crippen molar-refractivity contribution in [3.63, 3.8) is 0 Å². The molecule has 0 aliphatic carbocycles. The van der Waals surface area contributed by atoms with E-state index >= 15 is 0 Å². The highest BCUT2D eigenvalue weighted by Crippen LogP contribution is 2.34. The van der Waals surface area contributed by atoms with Crippen LogP contribution in [0, 0.1) is 15.9 Å². The molecule has 6 nitrogen and oxygen atoms in total. The zero-order valence-corrected chi connectivity index (χ0v) is 14.7. The standard InChI is InChI=1S/C20H18FN3O3/c1-27-20-11-15(3-5-19(20)24(25)26)23-8-6-13(7-9-23)17-12-22-18-10-14(21)2-4-16(17)18/h2-6,10-12,22H,7-9H2,1H3. The van der Waals surface area contributed by atoms with Gasteiger partial charge in [0.15, 0.2) is 5.75 Å². The molecule has 1 aromatic heterocycles. The fourth-order valence-corrected chi connectivity index (χ4v) is 3.53. The average Bonchev–Trinajstić information content (AvgIpc) is 3.10. The molecule has 0 spiro atoms. The predicted molar refractivity (Wildman–Crippen MR) is 103 cm³/mol. The Morgan fingerprint density at radius 3 is 2.81 bits per heavy atom. The molecule has 0 amide bonds. The van der Waals surface area contributed by atoms with Crippen LogP contribution in [0.4, 0.5) is 15.8 Å². The minimum absolute atomic E-state index is 0.0412. The van der Waals surface area contributed by atoms with Crippen LogP contribution in [0.1, 0.15) is 12.0 Å². The van der Waals surface area contributed by atoms with E-state index in [1.165, 1.54) is 30.9 Å². The van der Waals surface area contributed by atoms with Crippen molar-refractivity contribution in [3.05, 3.63) is 70.2 Å². The molecule has 0 atom stereocenters. The van der Waals surface area contributed by atoms with Gasteiger partial charge in [-0.2, -0.15) is 0 Å². The van der Waals surface area contributed by atoms with Crippen LogP contribution in [-0.4, -0.2) is 30.1 Å². The maximum atomic E-state index is 13.4. The van der Waals surface area contributed by atoms with E-state index < -0.39 is 4.92 Å². The first kappa shape index (κ1) is 17.1. The first-order valence-corrected chi connectivity index (χ1v) is 8.60. The van der Waals surface area contributed by atoms with Gasteiger partial charge in [-0.1, -0.05) is 6.08 Å². The highest BCUT2D eigenvalue weighted by atomic mass is 19.1. The Kier molecular flexibility index (Phi) is 4.27. The third-order valence-corrected chi connectivity index (χ3v) is 4.92. The highest BCUT2D eigenvalue weighted by molar-refractivity contribution is 5.93. The second kappa shape index (κ2) is 6.75. The van der Waals surface area contributed by atoms with Gasteiger partial charge in [0.25, 0.3) is 0 Å². The summed E-state index contributed by atoms with van der Waals surface area (Å²) >= 11 is 0. The third-order valence-electron chi connectivity index (χ3n) is 4.92. The molecule has 27 heavy (non-hydrogen) atoms. The summed E-state index contributed by atoms with van der Waals surface area (Å²) in [6.45, 7) is 1.46. The summed E-state index contributed by atoms with van der Waals surface area (Å²) in [6, 6.07) is 9.68. The maximum absolute atomic E-state index is 13.4. The summed E-state index contributed by atoms with van der Waals surface area (Å²) < 4.78 is 18.5. The zero-order chi connectivity index (χ0) is 19.0. The van der Waals surface area contributed by atoms with Crippen molar-refractivity contribution < 1.29 is 14.1 Å². The Morgan fingerprint density at radius 2 is 2.11 bits per heavy atom. The molecule has 0 saturated carbocycles. The average molecular weight is 367 g/mol. The largest absolute Gasteiger partial charge is 0.490 e. The van der Waals surface area contributed by atoms with Crippen molar-refractivity contribution in [2.75, 3.05) is 25.1 Å². The van der Waals surface area contributed by atoms with Crippen LogP contribution in [0.25, 0.3) is 16.5 Å². The molecule has 0 unspecified atom stereocenters. The van der Waals surface area contributed by atoms with Crippen LogP contribution in [0.3, 0.4) is 0 Å². The molecule has 1 aliphatic heterocycles. The van der Waals surface area contributed by atoms with Crippen molar-refractivity contribution in [1.82, 2.24) is 4.98 Å². The molecule has 7 heteroatoms. The van der Waals surface area contributed by atoms with Crippen molar-refractivity contribution in [1.29, 1.82) is 0 Å². The number of nitrogens with zero attached hydrogens (tertiary/aromatic N) is 2. The van der Waals surface area contributed by atoms with E-state index in [1.54, 1.807) is 18.2 Å². The van der Waals surface area contributed by atoms with Gasteiger partial charge in [-0.3, -0.25) is 10.1 Å². The van der Waals surface area contributed by atoms with Gasteiger partial charge in [0.2, 0.25) is 0 Å². The van der Waals surface area contributed by atoms with Crippen molar-refractivity contribution >= 4 is 27.9 Å². The number of fused-ring (bicyclic) bond motifs is 1. The van der Waals surface area contributed by atoms with E-state index in [1.807, 2.05) is 6.20 Å². The summed E-state index contributed by atoms with van der Waals surface area (Å²) in [4.78, 5) is 15.9. The number of nitro groups is 1. The number of nitrogens with one attached hydrogen (secondary N) is 1. The van der Waals surface area contributed by atoms with Crippen LogP contribution in [0.2, 0.25) is 0 Å². The maximum Gasteiger partial charge on any atom is 0.311 e. The van der Waals surface area contributed by atoms with E-state index in [9.17, 15) is 14.5 Å². The third kappa shape index (κ3) is 3.12. The number of aromatic nitrogens is 1. The number of anilines is 1. The van der Waals surface area contributed by atoms with Crippen LogP contribution in [0.5, 0.6) is 5.75 Å². The topological polar surface area (TPSA) is 71.4 Å². The molecule has 1 N–H and O–H groups in total. The van der Waals surface area contributed by atoms with E-state index in [2.05, 4.69) is 16.0 Å². The van der Waals surface area contributed by atoms with Gasteiger partial charge in [-0.15, -0.1) is 0 Å². The second-order valence-corrected chi connectivity index (χ2v) is 6.43. The fourth-order valence-electron chi connectivity index (χ4n) is 3.53. The number of H-pyrrole nitrogens is 1. The molecule has 0 saturated heterocycles. The number of benzene rings is 2. The Labute approximate surface area is 155 Å². The SMILES string of the molecule is COc1cc(N2CC=C(c3c[nH]c4cc(F)ccc34)CC2)ccc1[N+](=O)[O-]. The first-order valence-electron chi connectivity index (χ1n) is 8.60. The van der Waals surface area contributed by atoms with Gasteiger partial charge >= 0.3 is 5.69 Å². The number of hydrogen-bond acceptors (Lipinski definition) is 4. The number of hydrogen-bond donors (Lipinski definition) is 1. The van der Waals surface area contributed by atoms with Gasteiger partial charge in [0.1, 0.15) is 5.82 Å². The van der Waals surface area contributed by atoms with Gasteiger partial charge in [-0.05, 0) is 36.3 Å². The smallest absolute Gasteiger partial charge is 0.311 e. The Bertz CT molecular complexity index is 1060. The highest BCUT2D eigenvalue weighted by Gasteiger charge is 2.20. The molecule has 1 aliphatic rings. The molecule has 3 aromatic rings. The summed E-state index contributed by atoms with van der Waals surface area (Å²) in [7, 11) is 1.43. The fraction of sp³-hybridized carbons (Fsp3) is 0.200. The van der Waals surface area contributed by atoms with E-state index in [-0.39, 0.29) is 17.3 Å². The van der Waals surface area contributed by atoms with Gasteiger partial charge in [0.05, 0.1) is 12.0 Å². The molecule has 138 valence electrons. The zero-order valence-electron chi connectivity index (χ0n) is 14.7. The van der Waals surface area contributed by atoms with Crippen LogP contribution in [-0.2, 0) is 0 Å². The second-order valence-electron chi connectivity index (χ2n) is 6.43. The molecular formula is C20H18FN3O3. The molecule has 0 bridgehead atoms. The Morgan fingerprint density at radius 1 is 1.26 bits per heavy atom. The molecule has 0 radical (unpaired) electrons. The van der Waals surface area contributed by atoms with Crippen molar-refractivity contribution in [2.24, 2.45) is 0 Å². The molecule has 0 fully saturated rings. The van der Waals surface area contributed by atoms with Gasteiger partial charge in [0, 0.05) is 53.6 Å². The van der Waals surface area contributed by atoms with Gasteiger partial charge in [-0.25, -0.2) is 4.39 Å². The van der Waals surface area contributed by atoms with Crippen LogP contribution < -0.4 is 9.64 Å². The number of ether oxygens (including phenoxy) is 1. The lowest BCUT2D eigenvalue weighted by molar-refractivity contribution is -0.385. The van der Waals surface area contributed by atoms with E-state index in [4.69, 9.17) is 4.74 Å². The Balaban J connectivity index is 1.59. The first-order chi connectivity index (χ1) is 13.1. The monoisotopic (exact) mass is 367 g/mol. The van der Waals surface area contributed by atoms with Gasteiger partial charge < -0.3 is 14.6 Å². The number of rotatable bonds is 4. The van der Waals surface area contributed by atoms with Crippen LogP contribution in [0.15, 0.2) is 48.7 Å². The summed E-state index contributed by atoms with van der Waals surface area (Å²) in [5.41, 5.74) is 3.92. The minimum Gasteiger partial charge on any atom is -0.490 e. The predicted octanol–water partition coefficient (Wildman–Crippen LogP) is 4.52. The van der Waals surface area contributed by atoms with Crippen molar-refractivity contribution in [3.8, 4) is 5.75 Å². The summed E-state index contributed by atoms with van der Waals surface area (Å²) in [6.07, 6.45) is 4.88. The molecule has 4 rings (SSSR count). The number of aromatic amines is 1. The van der Waals surface area contributed by atoms with Crippen molar-refractivity contribution in [2.45, 2.75) is 6.42 Å². The number of methoxy groups -OCH3 is 1. The lowest BCUT2D eigenvalue weighted by Crippen LogP contribution is -2.28. The minimum atomic E-state index is -0.448. The lowest BCUT2D eigenvalue weighted by atomic mass is 9.98. The quantitative estimate of drug-likeness (QED) is 0.544. The number of nitro benzene ring substituents is 1. The number of halogens is 1. The Hall–Kier alpha value is -3.35. The molecule has 2 heterocycles. The summed E-state index contributed by atoms with van der Waals surface area (Å²) in [5.74, 6) is -0.00208. The molecule has 2 aromatic carbocycles. The molecular weight excluding hydrogens is 349 g/mol.